The molecule has 3 unspecified atom stereocenters. The maximum absolute atomic E-state index is 8.98. The molecular weight excluding hydrogens is 204 g/mol. The summed E-state index contributed by atoms with van der Waals surface area (Å²) in [6, 6.07) is 1.09. The van der Waals surface area contributed by atoms with Crippen LogP contribution in [0.25, 0.3) is 0 Å². The lowest BCUT2D eigenvalue weighted by molar-refractivity contribution is 0.276. The molecule has 1 N–H and O–H groups in total. The minimum absolute atomic E-state index is 0.0587. The van der Waals surface area contributed by atoms with Gasteiger partial charge in [-0.15, -0.1) is 0 Å². The van der Waals surface area contributed by atoms with Crippen LogP contribution in [0.1, 0.15) is 32.9 Å². The molecule has 1 saturated heterocycles. The van der Waals surface area contributed by atoms with E-state index in [1.54, 1.807) is 0 Å². The number of aliphatic hydroxyl groups is 1. The van der Waals surface area contributed by atoms with Gasteiger partial charge in [-0.25, -0.2) is 0 Å². The van der Waals surface area contributed by atoms with Crippen molar-refractivity contribution in [3.63, 3.8) is 0 Å². The number of hydrogen-bond donors (Lipinski definition) is 1. The van der Waals surface area contributed by atoms with E-state index in [2.05, 4.69) is 30.7 Å². The molecule has 1 aromatic rings. The molecule has 4 nitrogen and oxygen atoms in total. The highest BCUT2D eigenvalue weighted by Gasteiger charge is 2.31. The molecule has 16 heavy (non-hydrogen) atoms. The Balaban J connectivity index is 2.18. The second kappa shape index (κ2) is 4.45. The molecule has 3 atom stereocenters. The zero-order valence-electron chi connectivity index (χ0n) is 10.2. The SMILES string of the molecule is CC1CC(C)C(C)N(c2nc(CO)co2)C1. The van der Waals surface area contributed by atoms with Crippen LogP contribution in [0.4, 0.5) is 6.01 Å². The highest BCUT2D eigenvalue weighted by molar-refractivity contribution is 5.30. The Kier molecular flexibility index (Phi) is 3.19. The highest BCUT2D eigenvalue weighted by atomic mass is 16.4. The molecule has 0 saturated carbocycles. The number of anilines is 1. The Labute approximate surface area is 96.3 Å². The van der Waals surface area contributed by atoms with Gasteiger partial charge in [0.2, 0.25) is 0 Å². The van der Waals surface area contributed by atoms with Gasteiger partial charge < -0.3 is 14.4 Å². The molecule has 1 aliphatic heterocycles. The molecule has 2 rings (SSSR count). The van der Waals surface area contributed by atoms with Gasteiger partial charge >= 0.3 is 0 Å². The first-order valence-corrected chi connectivity index (χ1v) is 5.93. The Morgan fingerprint density at radius 3 is 2.88 bits per heavy atom. The van der Waals surface area contributed by atoms with Crippen LogP contribution >= 0.6 is 0 Å². The van der Waals surface area contributed by atoms with Gasteiger partial charge in [0, 0.05) is 12.6 Å². The monoisotopic (exact) mass is 224 g/mol. The largest absolute Gasteiger partial charge is 0.432 e. The Morgan fingerprint density at radius 2 is 2.25 bits per heavy atom. The van der Waals surface area contributed by atoms with E-state index in [4.69, 9.17) is 9.52 Å². The average Bonchev–Trinajstić information content (AvgIpc) is 2.71. The first-order valence-electron chi connectivity index (χ1n) is 5.93. The lowest BCUT2D eigenvalue weighted by atomic mass is 9.86. The van der Waals surface area contributed by atoms with Gasteiger partial charge in [-0.05, 0) is 25.2 Å². The smallest absolute Gasteiger partial charge is 0.297 e. The standard InChI is InChI=1S/C12H20N2O2/c1-8-4-9(2)10(3)14(5-8)12-13-11(6-15)7-16-12/h7-10,15H,4-6H2,1-3H3. The lowest BCUT2D eigenvalue weighted by Crippen LogP contribution is -2.46. The third-order valence-electron chi connectivity index (χ3n) is 3.54. The molecule has 4 heteroatoms. The van der Waals surface area contributed by atoms with Crippen molar-refractivity contribution >= 4 is 6.01 Å². The predicted molar refractivity (Wildman–Crippen MR) is 62.2 cm³/mol. The zero-order valence-corrected chi connectivity index (χ0v) is 10.2. The number of hydrogen-bond acceptors (Lipinski definition) is 4. The minimum atomic E-state index is -0.0587. The summed E-state index contributed by atoms with van der Waals surface area (Å²) in [5.41, 5.74) is 0.605. The highest BCUT2D eigenvalue weighted by Crippen LogP contribution is 2.30. The summed E-state index contributed by atoms with van der Waals surface area (Å²) in [4.78, 5) is 6.49. The number of nitrogens with zero attached hydrogens (tertiary/aromatic N) is 2. The summed E-state index contributed by atoms with van der Waals surface area (Å²) < 4.78 is 5.42. The van der Waals surface area contributed by atoms with Crippen LogP contribution in [0, 0.1) is 11.8 Å². The van der Waals surface area contributed by atoms with E-state index < -0.39 is 0 Å². The van der Waals surface area contributed by atoms with Crippen molar-refractivity contribution in [2.45, 2.75) is 39.8 Å². The van der Waals surface area contributed by atoms with E-state index in [1.807, 2.05) is 0 Å². The van der Waals surface area contributed by atoms with Gasteiger partial charge in [0.15, 0.2) is 0 Å². The molecule has 1 aliphatic rings. The molecule has 1 fully saturated rings. The summed E-state index contributed by atoms with van der Waals surface area (Å²) in [6.07, 6.45) is 2.79. The average molecular weight is 224 g/mol. The van der Waals surface area contributed by atoms with Crippen LogP contribution in [0.15, 0.2) is 10.7 Å². The molecule has 0 aliphatic carbocycles. The topological polar surface area (TPSA) is 49.5 Å². The molecule has 0 aromatic carbocycles. The Bertz CT molecular complexity index is 351. The molecule has 0 amide bonds. The van der Waals surface area contributed by atoms with Gasteiger partial charge in [0.1, 0.15) is 12.0 Å². The fourth-order valence-electron chi connectivity index (χ4n) is 2.47. The van der Waals surface area contributed by atoms with Gasteiger partial charge in [-0.2, -0.15) is 4.98 Å². The Hall–Kier alpha value is -1.03. The van der Waals surface area contributed by atoms with Crippen molar-refractivity contribution in [3.05, 3.63) is 12.0 Å². The maximum atomic E-state index is 8.98. The van der Waals surface area contributed by atoms with E-state index in [0.717, 1.165) is 6.54 Å². The van der Waals surface area contributed by atoms with Gasteiger partial charge in [0.25, 0.3) is 6.01 Å². The summed E-state index contributed by atoms with van der Waals surface area (Å²) in [5.74, 6) is 1.31. The molecule has 2 heterocycles. The van der Waals surface area contributed by atoms with Crippen LogP contribution in [0.3, 0.4) is 0 Å². The van der Waals surface area contributed by atoms with E-state index in [0.29, 0.717) is 29.6 Å². The summed E-state index contributed by atoms with van der Waals surface area (Å²) in [6.45, 7) is 7.65. The van der Waals surface area contributed by atoms with E-state index in [-0.39, 0.29) is 6.61 Å². The van der Waals surface area contributed by atoms with Crippen molar-refractivity contribution in [2.75, 3.05) is 11.4 Å². The number of rotatable bonds is 2. The summed E-state index contributed by atoms with van der Waals surface area (Å²) in [7, 11) is 0. The van der Waals surface area contributed by atoms with Crippen molar-refractivity contribution in [1.29, 1.82) is 0 Å². The zero-order chi connectivity index (χ0) is 11.7. The van der Waals surface area contributed by atoms with Crippen LogP contribution in [0.5, 0.6) is 0 Å². The fourth-order valence-corrected chi connectivity index (χ4v) is 2.47. The molecule has 0 bridgehead atoms. The number of piperidine rings is 1. The van der Waals surface area contributed by atoms with Crippen LogP contribution < -0.4 is 4.90 Å². The van der Waals surface area contributed by atoms with Crippen LogP contribution in [0.2, 0.25) is 0 Å². The van der Waals surface area contributed by atoms with Crippen molar-refractivity contribution < 1.29 is 9.52 Å². The summed E-state index contributed by atoms with van der Waals surface area (Å²) >= 11 is 0. The van der Waals surface area contributed by atoms with Crippen molar-refractivity contribution in [2.24, 2.45) is 11.8 Å². The minimum Gasteiger partial charge on any atom is -0.432 e. The fraction of sp³-hybridized carbons (Fsp3) is 0.750. The van der Waals surface area contributed by atoms with Gasteiger partial charge in [0.05, 0.1) is 6.61 Å². The van der Waals surface area contributed by atoms with Crippen molar-refractivity contribution in [3.8, 4) is 0 Å². The second-order valence-electron chi connectivity index (χ2n) is 4.99. The summed E-state index contributed by atoms with van der Waals surface area (Å²) in [5, 5.41) is 8.98. The van der Waals surface area contributed by atoms with Crippen molar-refractivity contribution in [1.82, 2.24) is 4.98 Å². The second-order valence-corrected chi connectivity index (χ2v) is 4.99. The number of aliphatic hydroxyl groups excluding tert-OH is 1. The molecule has 90 valence electrons. The lowest BCUT2D eigenvalue weighted by Gasteiger charge is -2.40. The molecule has 0 radical (unpaired) electrons. The van der Waals surface area contributed by atoms with E-state index >= 15 is 0 Å². The number of aromatic nitrogens is 1. The van der Waals surface area contributed by atoms with Crippen LogP contribution in [-0.4, -0.2) is 22.7 Å². The van der Waals surface area contributed by atoms with Gasteiger partial charge in [-0.1, -0.05) is 13.8 Å². The Morgan fingerprint density at radius 1 is 1.50 bits per heavy atom. The first-order chi connectivity index (χ1) is 7.61. The predicted octanol–water partition coefficient (Wildman–Crippen LogP) is 2.04. The molecular formula is C12H20N2O2. The molecule has 1 aromatic heterocycles. The number of oxazole rings is 1. The third kappa shape index (κ3) is 2.07. The first kappa shape index (κ1) is 11.5. The van der Waals surface area contributed by atoms with E-state index in [9.17, 15) is 0 Å². The quantitative estimate of drug-likeness (QED) is 0.835. The van der Waals surface area contributed by atoms with Crippen LogP contribution in [-0.2, 0) is 6.61 Å². The normalized spacial score (nSPS) is 30.8. The van der Waals surface area contributed by atoms with E-state index in [1.165, 1.54) is 12.7 Å². The molecule has 0 spiro atoms. The third-order valence-corrected chi connectivity index (χ3v) is 3.54. The van der Waals surface area contributed by atoms with Gasteiger partial charge in [-0.3, -0.25) is 0 Å². The maximum Gasteiger partial charge on any atom is 0.297 e.